The number of esters is 1. The van der Waals surface area contributed by atoms with Gasteiger partial charge >= 0.3 is 5.97 Å². The zero-order chi connectivity index (χ0) is 23.8. The number of aryl methyl sites for hydroxylation is 1. The highest BCUT2D eigenvalue weighted by molar-refractivity contribution is 7.99. The number of rotatable bonds is 5. The summed E-state index contributed by atoms with van der Waals surface area (Å²) in [6.07, 6.45) is 5.22. The van der Waals surface area contributed by atoms with Crippen molar-refractivity contribution >= 4 is 17.7 Å². The molecule has 1 heterocycles. The molecule has 176 valence electrons. The lowest BCUT2D eigenvalue weighted by Crippen LogP contribution is -2.26. The summed E-state index contributed by atoms with van der Waals surface area (Å²) in [6.45, 7) is 6.86. The van der Waals surface area contributed by atoms with Crippen LogP contribution in [0.1, 0.15) is 65.0 Å². The third kappa shape index (κ3) is 4.94. The van der Waals surface area contributed by atoms with E-state index in [-0.39, 0.29) is 28.8 Å². The predicted octanol–water partition coefficient (Wildman–Crippen LogP) is 6.67. The van der Waals surface area contributed by atoms with Gasteiger partial charge in [0.2, 0.25) is 11.7 Å². The second-order valence-electron chi connectivity index (χ2n) is 8.99. The van der Waals surface area contributed by atoms with Crippen LogP contribution in [0.15, 0.2) is 9.79 Å². The van der Waals surface area contributed by atoms with Crippen LogP contribution in [0.4, 0.5) is 22.0 Å². The molecule has 0 saturated heterocycles. The first-order chi connectivity index (χ1) is 14.9. The Balaban J connectivity index is 2.00. The van der Waals surface area contributed by atoms with E-state index in [9.17, 15) is 26.7 Å². The van der Waals surface area contributed by atoms with E-state index in [4.69, 9.17) is 4.74 Å². The van der Waals surface area contributed by atoms with Crippen LogP contribution in [0.3, 0.4) is 0 Å². The molecule has 1 aromatic carbocycles. The van der Waals surface area contributed by atoms with Gasteiger partial charge in [0.25, 0.3) is 0 Å². The van der Waals surface area contributed by atoms with E-state index in [0.717, 1.165) is 32.1 Å². The van der Waals surface area contributed by atoms with Gasteiger partial charge in [0.15, 0.2) is 23.3 Å². The summed E-state index contributed by atoms with van der Waals surface area (Å²) in [5, 5.41) is 4.31. The zero-order valence-electron chi connectivity index (χ0n) is 18.3. The van der Waals surface area contributed by atoms with Gasteiger partial charge in [-0.2, -0.15) is 5.10 Å². The van der Waals surface area contributed by atoms with Gasteiger partial charge < -0.3 is 4.74 Å². The van der Waals surface area contributed by atoms with Crippen LogP contribution < -0.4 is 4.74 Å². The molecule has 32 heavy (non-hydrogen) atoms. The maximum atomic E-state index is 14.3. The highest BCUT2D eigenvalue weighted by Gasteiger charge is 2.32. The van der Waals surface area contributed by atoms with Gasteiger partial charge in [0, 0.05) is 6.42 Å². The van der Waals surface area contributed by atoms with E-state index < -0.39 is 45.5 Å². The van der Waals surface area contributed by atoms with E-state index in [1.165, 1.54) is 11.6 Å². The number of benzene rings is 1. The van der Waals surface area contributed by atoms with Gasteiger partial charge in [-0.05, 0) is 46.5 Å². The summed E-state index contributed by atoms with van der Waals surface area (Å²) in [7, 11) is 0. The fourth-order valence-corrected chi connectivity index (χ4v) is 4.67. The van der Waals surface area contributed by atoms with Crippen molar-refractivity contribution in [1.82, 2.24) is 9.78 Å². The fraction of sp³-hybridized carbons (Fsp3) is 0.545. The van der Waals surface area contributed by atoms with Crippen molar-refractivity contribution in [2.75, 3.05) is 0 Å². The Labute approximate surface area is 187 Å². The predicted molar refractivity (Wildman–Crippen MR) is 109 cm³/mol. The molecule has 0 unspecified atom stereocenters. The number of carbonyl (C=O) groups excluding carboxylic acids is 1. The van der Waals surface area contributed by atoms with Crippen molar-refractivity contribution in [2.24, 2.45) is 5.92 Å². The molecular weight excluding hydrogens is 451 g/mol. The molecule has 4 nitrogen and oxygen atoms in total. The van der Waals surface area contributed by atoms with Crippen LogP contribution in [-0.4, -0.2) is 15.7 Å². The fourth-order valence-electron chi connectivity index (χ4n) is 3.71. The summed E-state index contributed by atoms with van der Waals surface area (Å²) in [5.41, 5.74) is -0.449. The van der Waals surface area contributed by atoms with Crippen molar-refractivity contribution < 1.29 is 31.5 Å². The maximum Gasteiger partial charge on any atom is 0.312 e. The Morgan fingerprint density at radius 2 is 1.50 bits per heavy atom. The van der Waals surface area contributed by atoms with Crippen LogP contribution in [0.5, 0.6) is 5.88 Å². The summed E-state index contributed by atoms with van der Waals surface area (Å²) in [6, 6.07) is 0. The first-order valence-corrected chi connectivity index (χ1v) is 11.2. The molecule has 0 amide bonds. The van der Waals surface area contributed by atoms with Crippen LogP contribution >= 0.6 is 11.8 Å². The molecule has 2 aromatic rings. The van der Waals surface area contributed by atoms with Crippen molar-refractivity contribution in [3.63, 3.8) is 0 Å². The molecular formula is C22H25F5N2O2S. The standard InChI is InChI=1S/C22H25F5N2O2S/c1-11-19(32-20-17(26)15(24)14(23)16(25)18(20)27)21(29(28-11)22(2,3)4)31-13(30)10-12-8-6-5-7-9-12/h12H,5-10H2,1-4H3. The van der Waals surface area contributed by atoms with Crippen molar-refractivity contribution in [1.29, 1.82) is 0 Å². The molecule has 1 aliphatic rings. The maximum absolute atomic E-state index is 14.3. The number of nitrogens with zero attached hydrogens (tertiary/aromatic N) is 2. The summed E-state index contributed by atoms with van der Waals surface area (Å²) >= 11 is 0.299. The Bertz CT molecular complexity index is 998. The van der Waals surface area contributed by atoms with Crippen molar-refractivity contribution in [3.05, 3.63) is 34.8 Å². The minimum atomic E-state index is -2.23. The Morgan fingerprint density at radius 1 is 0.969 bits per heavy atom. The average Bonchev–Trinajstić information content (AvgIpc) is 3.04. The second kappa shape index (κ2) is 9.41. The molecule has 0 radical (unpaired) electrons. The summed E-state index contributed by atoms with van der Waals surface area (Å²) < 4.78 is 76.4. The Morgan fingerprint density at radius 3 is 2.03 bits per heavy atom. The monoisotopic (exact) mass is 476 g/mol. The number of hydrogen-bond acceptors (Lipinski definition) is 4. The zero-order valence-corrected chi connectivity index (χ0v) is 19.1. The van der Waals surface area contributed by atoms with Crippen molar-refractivity contribution in [2.45, 2.75) is 81.5 Å². The molecule has 0 bridgehead atoms. The van der Waals surface area contributed by atoms with E-state index >= 15 is 0 Å². The SMILES string of the molecule is Cc1nn(C(C)(C)C)c(OC(=O)CC2CCCCC2)c1Sc1c(F)c(F)c(F)c(F)c1F. The molecule has 0 atom stereocenters. The number of ether oxygens (including phenoxy) is 1. The normalized spacial score (nSPS) is 15.3. The molecule has 0 spiro atoms. The lowest BCUT2D eigenvalue weighted by atomic mass is 9.87. The minimum absolute atomic E-state index is 0.0140. The molecule has 1 fully saturated rings. The Hall–Kier alpha value is -2.10. The van der Waals surface area contributed by atoms with Gasteiger partial charge in [-0.1, -0.05) is 31.0 Å². The molecule has 1 aliphatic carbocycles. The second-order valence-corrected chi connectivity index (χ2v) is 10.0. The third-order valence-electron chi connectivity index (χ3n) is 5.36. The molecule has 0 aliphatic heterocycles. The summed E-state index contributed by atoms with van der Waals surface area (Å²) in [5.74, 6) is -10.6. The molecule has 0 N–H and O–H groups in total. The smallest absolute Gasteiger partial charge is 0.312 e. The van der Waals surface area contributed by atoms with Gasteiger partial charge in [0.1, 0.15) is 0 Å². The number of hydrogen-bond donors (Lipinski definition) is 0. The number of halogens is 5. The largest absolute Gasteiger partial charge is 0.406 e. The minimum Gasteiger partial charge on any atom is -0.406 e. The van der Waals surface area contributed by atoms with E-state index in [1.54, 1.807) is 20.8 Å². The first kappa shape index (κ1) is 24.5. The molecule has 1 saturated carbocycles. The lowest BCUT2D eigenvalue weighted by molar-refractivity contribution is -0.136. The van der Waals surface area contributed by atoms with E-state index in [1.807, 2.05) is 0 Å². The van der Waals surface area contributed by atoms with Crippen LogP contribution in [0, 0.1) is 41.9 Å². The van der Waals surface area contributed by atoms with E-state index in [2.05, 4.69) is 5.10 Å². The average molecular weight is 477 g/mol. The van der Waals surface area contributed by atoms with Crippen molar-refractivity contribution in [3.8, 4) is 5.88 Å². The molecule has 1 aromatic heterocycles. The van der Waals surface area contributed by atoms with Crippen LogP contribution in [0.25, 0.3) is 0 Å². The van der Waals surface area contributed by atoms with Gasteiger partial charge in [-0.15, -0.1) is 0 Å². The quantitative estimate of drug-likeness (QED) is 0.209. The highest BCUT2D eigenvalue weighted by Crippen LogP contribution is 2.43. The van der Waals surface area contributed by atoms with Crippen LogP contribution in [0.2, 0.25) is 0 Å². The third-order valence-corrected chi connectivity index (χ3v) is 6.60. The van der Waals surface area contributed by atoms with Gasteiger partial charge in [0.05, 0.1) is 21.0 Å². The van der Waals surface area contributed by atoms with Gasteiger partial charge in [-0.3, -0.25) is 4.79 Å². The molecule has 3 rings (SSSR count). The molecule has 10 heteroatoms. The number of carbonyl (C=O) groups is 1. The lowest BCUT2D eigenvalue weighted by Gasteiger charge is -2.23. The summed E-state index contributed by atoms with van der Waals surface area (Å²) in [4.78, 5) is 11.6. The highest BCUT2D eigenvalue weighted by atomic mass is 32.2. The van der Waals surface area contributed by atoms with Gasteiger partial charge in [-0.25, -0.2) is 26.6 Å². The number of aromatic nitrogens is 2. The van der Waals surface area contributed by atoms with Crippen LogP contribution in [-0.2, 0) is 10.3 Å². The first-order valence-electron chi connectivity index (χ1n) is 10.4. The Kier molecular flexibility index (Phi) is 7.21. The topological polar surface area (TPSA) is 44.1 Å². The van der Waals surface area contributed by atoms with E-state index in [0.29, 0.717) is 11.8 Å².